The fraction of sp³-hybridized carbons (Fsp3) is 0.667. The van der Waals surface area contributed by atoms with E-state index in [4.69, 9.17) is 4.42 Å². The Balaban J connectivity index is 1.80. The maximum Gasteiger partial charge on any atom is 0.251 e. The molecular formula is C15H23N3O4. The van der Waals surface area contributed by atoms with Crippen LogP contribution in [0.3, 0.4) is 0 Å². The summed E-state index contributed by atoms with van der Waals surface area (Å²) in [4.78, 5) is 29.4. The van der Waals surface area contributed by atoms with Crippen LogP contribution in [0.5, 0.6) is 0 Å². The number of rotatable bonds is 6. The molecule has 1 aliphatic rings. The first-order chi connectivity index (χ1) is 10.6. The van der Waals surface area contributed by atoms with Gasteiger partial charge in [0, 0.05) is 13.0 Å². The summed E-state index contributed by atoms with van der Waals surface area (Å²) >= 11 is 0. The van der Waals surface area contributed by atoms with Gasteiger partial charge < -0.3 is 19.7 Å². The summed E-state index contributed by atoms with van der Waals surface area (Å²) in [6.07, 6.45) is 4.41. The summed E-state index contributed by atoms with van der Waals surface area (Å²) in [5.41, 5.74) is 0. The third kappa shape index (κ3) is 4.56. The van der Waals surface area contributed by atoms with Gasteiger partial charge in [0.15, 0.2) is 5.89 Å². The first-order valence-corrected chi connectivity index (χ1v) is 7.77. The van der Waals surface area contributed by atoms with Crippen molar-refractivity contribution < 1.29 is 19.1 Å². The van der Waals surface area contributed by atoms with Gasteiger partial charge in [-0.1, -0.05) is 6.92 Å². The van der Waals surface area contributed by atoms with Gasteiger partial charge in [0.1, 0.15) is 11.9 Å². The highest BCUT2D eigenvalue weighted by atomic mass is 16.4. The molecule has 7 nitrogen and oxygen atoms in total. The molecule has 1 atom stereocenters. The zero-order valence-electron chi connectivity index (χ0n) is 12.9. The number of aryl methyl sites for hydroxylation is 1. The van der Waals surface area contributed by atoms with Crippen LogP contribution in [0.2, 0.25) is 0 Å². The molecule has 0 spiro atoms. The molecule has 1 aromatic heterocycles. The van der Waals surface area contributed by atoms with Crippen LogP contribution in [0, 0.1) is 0 Å². The van der Waals surface area contributed by atoms with Gasteiger partial charge in [-0.15, -0.1) is 0 Å². The molecule has 122 valence electrons. The number of likely N-dealkylation sites (tertiary alicyclic amines) is 1. The molecule has 7 heteroatoms. The smallest absolute Gasteiger partial charge is 0.251 e. The summed E-state index contributed by atoms with van der Waals surface area (Å²) in [7, 11) is 0. The van der Waals surface area contributed by atoms with Crippen LogP contribution in [0.4, 0.5) is 0 Å². The molecule has 1 aromatic rings. The molecule has 22 heavy (non-hydrogen) atoms. The number of nitrogens with zero attached hydrogens (tertiary/aromatic N) is 2. The van der Waals surface area contributed by atoms with E-state index >= 15 is 0 Å². The van der Waals surface area contributed by atoms with Crippen molar-refractivity contribution in [1.29, 1.82) is 0 Å². The van der Waals surface area contributed by atoms with Gasteiger partial charge in [0.2, 0.25) is 5.91 Å². The molecule has 2 N–H and O–H groups in total. The van der Waals surface area contributed by atoms with Gasteiger partial charge in [0.05, 0.1) is 19.3 Å². The Hall–Kier alpha value is -1.89. The van der Waals surface area contributed by atoms with E-state index in [-0.39, 0.29) is 24.9 Å². The van der Waals surface area contributed by atoms with E-state index in [9.17, 15) is 14.7 Å². The maximum absolute atomic E-state index is 11.9. The van der Waals surface area contributed by atoms with Gasteiger partial charge in [0.25, 0.3) is 5.91 Å². The number of carbonyl (C=O) groups is 2. The van der Waals surface area contributed by atoms with Gasteiger partial charge in [-0.05, 0) is 25.7 Å². The van der Waals surface area contributed by atoms with Crippen LogP contribution in [0.15, 0.2) is 10.6 Å². The summed E-state index contributed by atoms with van der Waals surface area (Å²) in [5, 5.41) is 12.4. The Bertz CT molecular complexity index is 515. The Morgan fingerprint density at radius 1 is 1.55 bits per heavy atom. The van der Waals surface area contributed by atoms with Crippen molar-refractivity contribution in [3.63, 3.8) is 0 Å². The predicted molar refractivity (Wildman–Crippen MR) is 78.8 cm³/mol. The van der Waals surface area contributed by atoms with E-state index in [1.807, 2.05) is 6.92 Å². The molecule has 2 heterocycles. The van der Waals surface area contributed by atoms with Crippen LogP contribution in [-0.2, 0) is 22.6 Å². The fourth-order valence-corrected chi connectivity index (χ4v) is 2.42. The lowest BCUT2D eigenvalue weighted by Gasteiger charge is -2.21. The lowest BCUT2D eigenvalue weighted by molar-refractivity contribution is -0.142. The number of aliphatic hydroxyl groups is 1. The third-order valence-corrected chi connectivity index (χ3v) is 3.61. The minimum atomic E-state index is -0.985. The Kier molecular flexibility index (Phi) is 5.94. The fourth-order valence-electron chi connectivity index (χ4n) is 2.42. The second-order valence-electron chi connectivity index (χ2n) is 5.52. The second kappa shape index (κ2) is 7.93. The number of aliphatic hydroxyl groups excluding tert-OH is 1. The zero-order chi connectivity index (χ0) is 15.9. The number of nitrogens with one attached hydrogen (secondary N) is 1. The highest BCUT2D eigenvalue weighted by molar-refractivity contribution is 5.87. The summed E-state index contributed by atoms with van der Waals surface area (Å²) in [6, 6.07) is 0. The predicted octanol–water partition coefficient (Wildman–Crippen LogP) is 0.617. The lowest BCUT2D eigenvalue weighted by Crippen LogP contribution is -2.44. The summed E-state index contributed by atoms with van der Waals surface area (Å²) in [5.74, 6) is 0.630. The Morgan fingerprint density at radius 2 is 2.36 bits per heavy atom. The normalized spacial score (nSPS) is 19.1. The van der Waals surface area contributed by atoms with E-state index < -0.39 is 6.10 Å². The first kappa shape index (κ1) is 16.5. The van der Waals surface area contributed by atoms with Gasteiger partial charge in [-0.3, -0.25) is 9.59 Å². The minimum Gasteiger partial charge on any atom is -0.444 e. The van der Waals surface area contributed by atoms with Crippen molar-refractivity contribution in [2.24, 2.45) is 0 Å². The zero-order valence-corrected chi connectivity index (χ0v) is 12.9. The van der Waals surface area contributed by atoms with Crippen LogP contribution >= 0.6 is 0 Å². The highest BCUT2D eigenvalue weighted by Gasteiger charge is 2.26. The van der Waals surface area contributed by atoms with Crippen molar-refractivity contribution in [2.75, 3.05) is 13.1 Å². The summed E-state index contributed by atoms with van der Waals surface area (Å²) < 4.78 is 5.48. The summed E-state index contributed by atoms with van der Waals surface area (Å²) in [6.45, 7) is 2.76. The van der Waals surface area contributed by atoms with E-state index in [0.717, 1.165) is 25.7 Å². The third-order valence-electron chi connectivity index (χ3n) is 3.61. The van der Waals surface area contributed by atoms with Crippen LogP contribution in [0.25, 0.3) is 0 Å². The number of hydrogen-bond donors (Lipinski definition) is 2. The van der Waals surface area contributed by atoms with E-state index in [1.54, 1.807) is 6.20 Å². The number of carbonyl (C=O) groups excluding carboxylic acids is 2. The molecule has 1 unspecified atom stereocenters. The van der Waals surface area contributed by atoms with Crippen molar-refractivity contribution in [3.05, 3.63) is 17.8 Å². The Labute approximate surface area is 129 Å². The SMILES string of the molecule is CCCc1ncc(CNC(=O)CN2CCCCC(O)C2=O)o1. The molecular weight excluding hydrogens is 286 g/mol. The molecule has 2 amide bonds. The molecule has 1 aliphatic heterocycles. The highest BCUT2D eigenvalue weighted by Crippen LogP contribution is 2.11. The van der Waals surface area contributed by atoms with Gasteiger partial charge in [-0.2, -0.15) is 0 Å². The topological polar surface area (TPSA) is 95.7 Å². The molecule has 2 rings (SSSR count). The largest absolute Gasteiger partial charge is 0.444 e. The maximum atomic E-state index is 11.9. The minimum absolute atomic E-state index is 0.0359. The van der Waals surface area contributed by atoms with Gasteiger partial charge in [-0.25, -0.2) is 4.98 Å². The van der Waals surface area contributed by atoms with E-state index in [1.165, 1.54) is 4.90 Å². The number of hydrogen-bond acceptors (Lipinski definition) is 5. The molecule has 0 aliphatic carbocycles. The molecule has 0 bridgehead atoms. The van der Waals surface area contributed by atoms with Crippen molar-refractivity contribution in [3.8, 4) is 0 Å². The Morgan fingerprint density at radius 3 is 3.14 bits per heavy atom. The number of amides is 2. The first-order valence-electron chi connectivity index (χ1n) is 7.77. The van der Waals surface area contributed by atoms with Crippen molar-refractivity contribution in [2.45, 2.75) is 51.7 Å². The monoisotopic (exact) mass is 309 g/mol. The molecule has 0 aromatic carbocycles. The average molecular weight is 309 g/mol. The number of aromatic nitrogens is 1. The van der Waals surface area contributed by atoms with Crippen LogP contribution in [0.1, 0.15) is 44.3 Å². The van der Waals surface area contributed by atoms with E-state index in [0.29, 0.717) is 24.6 Å². The second-order valence-corrected chi connectivity index (χ2v) is 5.52. The van der Waals surface area contributed by atoms with Gasteiger partial charge >= 0.3 is 0 Å². The number of oxazole rings is 1. The molecule has 0 radical (unpaired) electrons. The lowest BCUT2D eigenvalue weighted by atomic mass is 10.2. The average Bonchev–Trinajstić information content (AvgIpc) is 2.89. The molecule has 1 saturated heterocycles. The van der Waals surface area contributed by atoms with Crippen molar-refractivity contribution >= 4 is 11.8 Å². The van der Waals surface area contributed by atoms with E-state index in [2.05, 4.69) is 10.3 Å². The van der Waals surface area contributed by atoms with Crippen LogP contribution in [-0.4, -0.2) is 46.0 Å². The standard InChI is InChI=1S/C15H23N3O4/c1-2-5-14-17-9-11(22-14)8-16-13(20)10-18-7-4-3-6-12(19)15(18)21/h9,12,19H,2-8,10H2,1H3,(H,16,20). The molecule has 0 saturated carbocycles. The van der Waals surface area contributed by atoms with Crippen LogP contribution < -0.4 is 5.32 Å². The quantitative estimate of drug-likeness (QED) is 0.803. The van der Waals surface area contributed by atoms with Crippen molar-refractivity contribution in [1.82, 2.24) is 15.2 Å². The molecule has 1 fully saturated rings.